The Morgan fingerprint density at radius 1 is 1.33 bits per heavy atom. The van der Waals surface area contributed by atoms with E-state index in [1.54, 1.807) is 22.8 Å². The third kappa shape index (κ3) is 4.24. The van der Waals surface area contributed by atoms with Gasteiger partial charge in [0.25, 0.3) is 11.6 Å². The van der Waals surface area contributed by atoms with Crippen molar-refractivity contribution in [1.82, 2.24) is 4.57 Å². The fraction of sp³-hybridized carbons (Fsp3) is 0.0526. The van der Waals surface area contributed by atoms with Crippen molar-refractivity contribution < 1.29 is 14.1 Å². The van der Waals surface area contributed by atoms with Crippen LogP contribution in [0, 0.1) is 15.9 Å². The Kier molecular flexibility index (Phi) is 5.37. The van der Waals surface area contributed by atoms with Crippen molar-refractivity contribution in [2.24, 2.45) is 4.99 Å². The van der Waals surface area contributed by atoms with Gasteiger partial charge in [-0.25, -0.2) is 4.39 Å². The fourth-order valence-electron chi connectivity index (χ4n) is 2.48. The average molecular weight is 383 g/mol. The highest BCUT2D eigenvalue weighted by molar-refractivity contribution is 7.16. The van der Waals surface area contributed by atoms with Crippen LogP contribution in [0.2, 0.25) is 0 Å². The van der Waals surface area contributed by atoms with Gasteiger partial charge < -0.3 is 4.57 Å². The first-order valence-corrected chi connectivity index (χ1v) is 8.70. The molecule has 0 aliphatic heterocycles. The SMILES string of the molecule is C=CCn1c(=NC(=O)/C=C/c2cccc([N+](=O)[O-])c2)sc2cc(F)ccc21. The Bertz CT molecular complexity index is 1140. The number of carbonyl (C=O) groups excluding carboxylic acids is 1. The van der Waals surface area contributed by atoms with E-state index in [1.807, 2.05) is 0 Å². The van der Waals surface area contributed by atoms with Crippen LogP contribution in [0.5, 0.6) is 0 Å². The van der Waals surface area contributed by atoms with Crippen LogP contribution >= 0.6 is 11.3 Å². The van der Waals surface area contributed by atoms with E-state index in [1.165, 1.54) is 53.8 Å². The minimum absolute atomic E-state index is 0.0584. The third-order valence-electron chi connectivity index (χ3n) is 3.66. The smallest absolute Gasteiger partial charge is 0.272 e. The number of amides is 1. The summed E-state index contributed by atoms with van der Waals surface area (Å²) in [6, 6.07) is 10.3. The molecule has 0 aliphatic carbocycles. The van der Waals surface area contributed by atoms with E-state index in [0.717, 1.165) is 5.52 Å². The number of carbonyl (C=O) groups is 1. The lowest BCUT2D eigenvalue weighted by molar-refractivity contribution is -0.384. The molecule has 0 N–H and O–H groups in total. The Hall–Kier alpha value is -3.39. The summed E-state index contributed by atoms with van der Waals surface area (Å²) in [6.07, 6.45) is 4.36. The van der Waals surface area contributed by atoms with Crippen molar-refractivity contribution in [1.29, 1.82) is 0 Å². The van der Waals surface area contributed by atoms with E-state index >= 15 is 0 Å². The van der Waals surface area contributed by atoms with Crippen molar-refractivity contribution in [2.45, 2.75) is 6.54 Å². The van der Waals surface area contributed by atoms with Gasteiger partial charge >= 0.3 is 0 Å². The van der Waals surface area contributed by atoms with Gasteiger partial charge in [0.15, 0.2) is 4.80 Å². The molecule has 2 aromatic carbocycles. The Labute approximate surface area is 157 Å². The number of hydrogen-bond donors (Lipinski definition) is 0. The maximum Gasteiger partial charge on any atom is 0.272 e. The molecule has 1 amide bonds. The summed E-state index contributed by atoms with van der Waals surface area (Å²) in [5.41, 5.74) is 1.22. The second-order valence-corrected chi connectivity index (χ2v) is 6.54. The van der Waals surface area contributed by atoms with Gasteiger partial charge in [-0.2, -0.15) is 4.99 Å². The van der Waals surface area contributed by atoms with E-state index in [9.17, 15) is 19.3 Å². The quantitative estimate of drug-likeness (QED) is 0.288. The first-order valence-electron chi connectivity index (χ1n) is 7.89. The lowest BCUT2D eigenvalue weighted by Gasteiger charge is -2.00. The maximum absolute atomic E-state index is 13.4. The molecular weight excluding hydrogens is 369 g/mol. The minimum Gasteiger partial charge on any atom is -0.312 e. The zero-order valence-corrected chi connectivity index (χ0v) is 14.9. The van der Waals surface area contributed by atoms with Crippen molar-refractivity contribution in [3.05, 3.63) is 87.5 Å². The van der Waals surface area contributed by atoms with E-state index in [0.29, 0.717) is 21.6 Å². The molecule has 0 saturated carbocycles. The second kappa shape index (κ2) is 7.88. The van der Waals surface area contributed by atoms with E-state index in [4.69, 9.17) is 0 Å². The fourth-order valence-corrected chi connectivity index (χ4v) is 3.55. The van der Waals surface area contributed by atoms with E-state index < -0.39 is 10.8 Å². The summed E-state index contributed by atoms with van der Waals surface area (Å²) >= 11 is 1.20. The van der Waals surface area contributed by atoms with Gasteiger partial charge in [0.1, 0.15) is 5.82 Å². The minimum atomic E-state index is -0.522. The van der Waals surface area contributed by atoms with Crippen LogP contribution in [0.15, 0.2) is 66.2 Å². The summed E-state index contributed by atoms with van der Waals surface area (Å²) < 4.78 is 15.9. The van der Waals surface area contributed by atoms with Crippen LogP contribution in [0.4, 0.5) is 10.1 Å². The predicted octanol–water partition coefficient (Wildman–Crippen LogP) is 4.08. The van der Waals surface area contributed by atoms with E-state index in [2.05, 4.69) is 11.6 Å². The predicted molar refractivity (Wildman–Crippen MR) is 103 cm³/mol. The zero-order chi connectivity index (χ0) is 19.4. The van der Waals surface area contributed by atoms with Gasteiger partial charge in [0, 0.05) is 24.8 Å². The number of hydrogen-bond acceptors (Lipinski definition) is 4. The van der Waals surface area contributed by atoms with Crippen LogP contribution in [-0.2, 0) is 11.3 Å². The molecule has 0 unspecified atom stereocenters. The molecule has 1 aromatic heterocycles. The summed E-state index contributed by atoms with van der Waals surface area (Å²) in [7, 11) is 0. The van der Waals surface area contributed by atoms with Gasteiger partial charge in [-0.15, -0.1) is 6.58 Å². The number of nitro groups is 1. The summed E-state index contributed by atoms with van der Waals surface area (Å²) in [5, 5.41) is 10.8. The highest BCUT2D eigenvalue weighted by atomic mass is 32.1. The Morgan fingerprint density at radius 3 is 2.89 bits per heavy atom. The molecule has 27 heavy (non-hydrogen) atoms. The van der Waals surface area contributed by atoms with Gasteiger partial charge in [-0.3, -0.25) is 14.9 Å². The molecule has 6 nitrogen and oxygen atoms in total. The summed E-state index contributed by atoms with van der Waals surface area (Å²) in [4.78, 5) is 27.0. The molecule has 0 spiro atoms. The van der Waals surface area contributed by atoms with Crippen LogP contribution in [-0.4, -0.2) is 15.4 Å². The van der Waals surface area contributed by atoms with E-state index in [-0.39, 0.29) is 11.5 Å². The molecule has 136 valence electrons. The van der Waals surface area contributed by atoms with Gasteiger partial charge in [-0.1, -0.05) is 29.5 Å². The molecule has 0 aliphatic rings. The molecule has 0 radical (unpaired) electrons. The van der Waals surface area contributed by atoms with Crippen LogP contribution in [0.3, 0.4) is 0 Å². The first kappa shape index (κ1) is 18.4. The van der Waals surface area contributed by atoms with Crippen molar-refractivity contribution in [2.75, 3.05) is 0 Å². The maximum atomic E-state index is 13.4. The number of nitrogens with zero attached hydrogens (tertiary/aromatic N) is 3. The Balaban J connectivity index is 1.95. The molecule has 0 bridgehead atoms. The second-order valence-electron chi connectivity index (χ2n) is 5.53. The number of thiazole rings is 1. The zero-order valence-electron chi connectivity index (χ0n) is 14.0. The molecule has 3 rings (SSSR count). The van der Waals surface area contributed by atoms with Gasteiger partial charge in [0.2, 0.25) is 0 Å². The van der Waals surface area contributed by atoms with Crippen LogP contribution < -0.4 is 4.80 Å². The number of nitro benzene ring substituents is 1. The lowest BCUT2D eigenvalue weighted by atomic mass is 10.2. The number of allylic oxidation sites excluding steroid dienone is 1. The number of benzene rings is 2. The molecule has 0 fully saturated rings. The molecule has 0 saturated heterocycles. The molecule has 8 heteroatoms. The van der Waals surface area contributed by atoms with Crippen molar-refractivity contribution in [3.8, 4) is 0 Å². The van der Waals surface area contributed by atoms with Crippen LogP contribution in [0.25, 0.3) is 16.3 Å². The molecular formula is C19H14FN3O3S. The first-order chi connectivity index (χ1) is 13.0. The summed E-state index contributed by atoms with van der Waals surface area (Å²) in [6.45, 7) is 4.12. The van der Waals surface area contributed by atoms with Crippen molar-refractivity contribution >= 4 is 39.2 Å². The lowest BCUT2D eigenvalue weighted by Crippen LogP contribution is -2.15. The number of halogens is 1. The number of non-ortho nitro benzene ring substituents is 1. The third-order valence-corrected chi connectivity index (χ3v) is 4.70. The number of rotatable bonds is 5. The van der Waals surface area contributed by atoms with Crippen LogP contribution in [0.1, 0.15) is 5.56 Å². The van der Waals surface area contributed by atoms with Gasteiger partial charge in [-0.05, 0) is 29.8 Å². The highest BCUT2D eigenvalue weighted by Crippen LogP contribution is 2.19. The number of fused-ring (bicyclic) bond motifs is 1. The molecule has 3 aromatic rings. The monoisotopic (exact) mass is 383 g/mol. The molecule has 0 atom stereocenters. The topological polar surface area (TPSA) is 77.5 Å². The largest absolute Gasteiger partial charge is 0.312 e. The molecule has 1 heterocycles. The Morgan fingerprint density at radius 2 is 2.15 bits per heavy atom. The average Bonchev–Trinajstić information content (AvgIpc) is 2.97. The number of aromatic nitrogens is 1. The highest BCUT2D eigenvalue weighted by Gasteiger charge is 2.08. The van der Waals surface area contributed by atoms with Gasteiger partial charge in [0.05, 0.1) is 15.1 Å². The van der Waals surface area contributed by atoms with Crippen molar-refractivity contribution in [3.63, 3.8) is 0 Å². The normalized spacial score (nSPS) is 12.0. The standard InChI is InChI=1S/C19H14FN3O3S/c1-2-10-22-16-8-7-14(20)12-17(16)27-19(22)21-18(24)9-6-13-4-3-5-15(11-13)23(25)26/h2-9,11-12H,1,10H2/b9-6+,21-19?. The summed E-state index contributed by atoms with van der Waals surface area (Å²) in [5.74, 6) is -0.885.